The Morgan fingerprint density at radius 3 is 2.54 bits per heavy atom. The number of nitrogens with zero attached hydrogens (tertiary/aromatic N) is 2. The third-order valence-corrected chi connectivity index (χ3v) is 6.50. The summed E-state index contributed by atoms with van der Waals surface area (Å²) in [6.07, 6.45) is 11.4. The van der Waals surface area contributed by atoms with Crippen molar-refractivity contribution < 1.29 is 19.8 Å². The number of hydrogen-bond acceptors (Lipinski definition) is 8. The molecule has 0 aliphatic heterocycles. The normalized spacial score (nSPS) is 16.9. The monoisotopic (exact) mass is 517 g/mol. The van der Waals surface area contributed by atoms with Crippen LogP contribution in [-0.2, 0) is 9.53 Å². The first kappa shape index (κ1) is 32.1. The smallest absolute Gasteiger partial charge is 0.247 e. The van der Waals surface area contributed by atoms with Crippen LogP contribution in [-0.4, -0.2) is 73.8 Å². The highest BCUT2D eigenvalue weighted by Crippen LogP contribution is 2.30. The van der Waals surface area contributed by atoms with Crippen LogP contribution in [0.1, 0.15) is 52.9 Å². The molecule has 0 radical (unpaired) electrons. The maximum atomic E-state index is 11.5. The lowest BCUT2D eigenvalue weighted by molar-refractivity contribution is -0.128. The minimum absolute atomic E-state index is 0.0307. The molecule has 1 aliphatic carbocycles. The second-order valence-corrected chi connectivity index (χ2v) is 9.59. The number of hydroxylamine groups is 1. The zero-order valence-electron chi connectivity index (χ0n) is 23.4. The molecular formula is C28H47N5O4. The molecule has 1 atom stereocenters. The van der Waals surface area contributed by atoms with Crippen molar-refractivity contribution in [3.05, 3.63) is 59.3 Å². The zero-order chi connectivity index (χ0) is 27.8. The van der Waals surface area contributed by atoms with Gasteiger partial charge in [-0.3, -0.25) is 15.0 Å². The second kappa shape index (κ2) is 17.6. The Hall–Kier alpha value is -2.88. The number of carbonyl (C=O) groups excluding carboxylic acids is 1. The molecule has 0 bridgehead atoms. The SMILES string of the molecule is C=C(/C=C(\C=C/C)C(=N/C)/C(C)=C(\C)N/C(=C/O)N[C@@H](CC1CCC1)CN(C)CCOC)CC(=O)NO. The van der Waals surface area contributed by atoms with Gasteiger partial charge in [0, 0.05) is 39.0 Å². The topological polar surface area (TPSA) is 118 Å². The Bertz CT molecular complexity index is 900. The van der Waals surface area contributed by atoms with Crippen molar-refractivity contribution in [1.29, 1.82) is 0 Å². The molecule has 1 fully saturated rings. The average molecular weight is 518 g/mol. The van der Waals surface area contributed by atoms with Crippen molar-refractivity contribution >= 4 is 11.6 Å². The molecule has 0 aromatic rings. The number of nitrogens with one attached hydrogen (secondary N) is 3. The standard InChI is InChI=1S/C28H47N5O4/c1-8-10-24(15-20(2)16-27(35)32-36)28(29-5)21(3)22(4)30-26(19-34)31-25(17-23-11-9-12-23)18-33(6)13-14-37-7/h8,10,15,19,23,25,30-31,34,36H,2,9,11-14,16-18H2,1,3-7H3,(H,32,35)/b10-8-,22-21+,24-15+,26-19-,29-28+/t25-/m0/s1. The highest BCUT2D eigenvalue weighted by Gasteiger charge is 2.24. The van der Waals surface area contributed by atoms with Gasteiger partial charge in [-0.1, -0.05) is 38.0 Å². The van der Waals surface area contributed by atoms with Gasteiger partial charge in [0.2, 0.25) is 5.91 Å². The van der Waals surface area contributed by atoms with E-state index in [2.05, 4.69) is 34.2 Å². The lowest BCUT2D eigenvalue weighted by atomic mass is 9.81. The van der Waals surface area contributed by atoms with Crippen LogP contribution in [0.15, 0.2) is 64.3 Å². The molecule has 208 valence electrons. The van der Waals surface area contributed by atoms with E-state index >= 15 is 0 Å². The van der Waals surface area contributed by atoms with Gasteiger partial charge in [-0.25, -0.2) is 5.48 Å². The van der Waals surface area contributed by atoms with Gasteiger partial charge in [-0.05, 0) is 63.0 Å². The Labute approximate surface area is 222 Å². The van der Waals surface area contributed by atoms with Crippen LogP contribution in [0.5, 0.6) is 0 Å². The molecule has 9 heteroatoms. The lowest BCUT2D eigenvalue weighted by Crippen LogP contribution is -2.44. The fraction of sp³-hybridized carbons (Fsp3) is 0.571. The van der Waals surface area contributed by atoms with Gasteiger partial charge < -0.3 is 25.4 Å². The largest absolute Gasteiger partial charge is 0.512 e. The Kier molecular flexibility index (Phi) is 15.3. The summed E-state index contributed by atoms with van der Waals surface area (Å²) in [7, 11) is 5.49. The summed E-state index contributed by atoms with van der Waals surface area (Å²) in [5.41, 5.74) is 5.36. The van der Waals surface area contributed by atoms with E-state index in [-0.39, 0.29) is 12.5 Å². The van der Waals surface area contributed by atoms with Gasteiger partial charge in [0.05, 0.1) is 18.7 Å². The Morgan fingerprint density at radius 1 is 1.32 bits per heavy atom. The number of aliphatic hydroxyl groups is 1. The first-order chi connectivity index (χ1) is 17.7. The van der Waals surface area contributed by atoms with Gasteiger partial charge in [-0.15, -0.1) is 0 Å². The fourth-order valence-electron chi connectivity index (χ4n) is 4.23. The number of methoxy groups -OCH3 is 1. The van der Waals surface area contributed by atoms with Crippen molar-refractivity contribution in [2.45, 2.75) is 58.9 Å². The summed E-state index contributed by atoms with van der Waals surface area (Å²) < 4.78 is 5.22. The fourth-order valence-corrected chi connectivity index (χ4v) is 4.23. The molecule has 1 saturated carbocycles. The van der Waals surface area contributed by atoms with E-state index in [1.165, 1.54) is 19.3 Å². The van der Waals surface area contributed by atoms with Crippen molar-refractivity contribution in [1.82, 2.24) is 21.0 Å². The van der Waals surface area contributed by atoms with Crippen LogP contribution in [0.2, 0.25) is 0 Å². The number of rotatable bonds is 17. The van der Waals surface area contributed by atoms with E-state index in [4.69, 9.17) is 9.94 Å². The molecule has 1 amide bonds. The third-order valence-electron chi connectivity index (χ3n) is 6.50. The van der Waals surface area contributed by atoms with Crippen LogP contribution in [0.25, 0.3) is 0 Å². The molecule has 0 aromatic carbocycles. The Morgan fingerprint density at radius 2 is 2.03 bits per heavy atom. The van der Waals surface area contributed by atoms with E-state index < -0.39 is 5.91 Å². The number of aliphatic hydroxyl groups excluding tert-OH is 1. The van der Waals surface area contributed by atoms with E-state index in [0.717, 1.165) is 48.3 Å². The predicted octanol–water partition coefficient (Wildman–Crippen LogP) is 3.98. The highest BCUT2D eigenvalue weighted by molar-refractivity contribution is 6.14. The third kappa shape index (κ3) is 11.8. The second-order valence-electron chi connectivity index (χ2n) is 9.59. The average Bonchev–Trinajstić information content (AvgIpc) is 2.84. The number of aliphatic imine (C=N–C) groups is 1. The molecule has 1 rings (SSSR count). The molecule has 0 saturated heterocycles. The van der Waals surface area contributed by atoms with E-state index in [0.29, 0.717) is 23.9 Å². The quantitative estimate of drug-likeness (QED) is 0.0651. The Balaban J connectivity index is 3.07. The van der Waals surface area contributed by atoms with Crippen molar-refractivity contribution in [2.24, 2.45) is 10.9 Å². The number of allylic oxidation sites excluding steroid dienone is 6. The number of amides is 1. The summed E-state index contributed by atoms with van der Waals surface area (Å²) in [6.45, 7) is 12.0. The molecule has 0 aromatic heterocycles. The van der Waals surface area contributed by atoms with Gasteiger partial charge in [0.25, 0.3) is 0 Å². The molecular weight excluding hydrogens is 470 g/mol. The molecule has 0 heterocycles. The minimum Gasteiger partial charge on any atom is -0.512 e. The summed E-state index contributed by atoms with van der Waals surface area (Å²) in [5, 5.41) is 25.7. The molecule has 5 N–H and O–H groups in total. The molecule has 0 unspecified atom stereocenters. The first-order valence-electron chi connectivity index (χ1n) is 12.8. The van der Waals surface area contributed by atoms with Gasteiger partial charge in [-0.2, -0.15) is 0 Å². The first-order valence-corrected chi connectivity index (χ1v) is 12.8. The van der Waals surface area contributed by atoms with Crippen LogP contribution in [0.4, 0.5) is 0 Å². The van der Waals surface area contributed by atoms with Crippen LogP contribution in [0.3, 0.4) is 0 Å². The summed E-state index contributed by atoms with van der Waals surface area (Å²) in [5.74, 6) is 0.701. The summed E-state index contributed by atoms with van der Waals surface area (Å²) in [4.78, 5) is 18.3. The van der Waals surface area contributed by atoms with Gasteiger partial charge in [0.1, 0.15) is 12.1 Å². The van der Waals surface area contributed by atoms with E-state index in [9.17, 15) is 9.90 Å². The number of ether oxygens (including phenoxy) is 1. The number of likely N-dealkylation sites (N-methyl/N-ethyl adjacent to an activating group) is 1. The van der Waals surface area contributed by atoms with Crippen LogP contribution in [0, 0.1) is 5.92 Å². The molecule has 37 heavy (non-hydrogen) atoms. The van der Waals surface area contributed by atoms with Gasteiger partial charge >= 0.3 is 0 Å². The van der Waals surface area contributed by atoms with E-state index in [1.54, 1.807) is 25.7 Å². The lowest BCUT2D eigenvalue weighted by Gasteiger charge is -2.33. The highest BCUT2D eigenvalue weighted by atomic mass is 16.5. The number of hydrogen-bond donors (Lipinski definition) is 5. The van der Waals surface area contributed by atoms with Crippen LogP contribution < -0.4 is 16.1 Å². The molecule has 0 spiro atoms. The van der Waals surface area contributed by atoms with Crippen molar-refractivity contribution in [3.63, 3.8) is 0 Å². The van der Waals surface area contributed by atoms with Crippen molar-refractivity contribution in [2.75, 3.05) is 40.9 Å². The maximum Gasteiger partial charge on any atom is 0.247 e. The van der Waals surface area contributed by atoms with Crippen LogP contribution >= 0.6 is 0 Å². The number of carbonyl (C=O) groups is 1. The summed E-state index contributed by atoms with van der Waals surface area (Å²) >= 11 is 0. The predicted molar refractivity (Wildman–Crippen MR) is 150 cm³/mol. The molecule has 9 nitrogen and oxygen atoms in total. The maximum absolute atomic E-state index is 11.5. The minimum atomic E-state index is -0.533. The van der Waals surface area contributed by atoms with E-state index in [1.807, 2.05) is 32.9 Å². The van der Waals surface area contributed by atoms with Gasteiger partial charge in [0.15, 0.2) is 0 Å². The zero-order valence-corrected chi connectivity index (χ0v) is 23.4. The molecule has 1 aliphatic rings. The summed E-state index contributed by atoms with van der Waals surface area (Å²) in [6, 6.07) is 0.171. The van der Waals surface area contributed by atoms with Crippen molar-refractivity contribution in [3.8, 4) is 0 Å².